The van der Waals surface area contributed by atoms with E-state index in [1.165, 1.54) is 0 Å². The zero-order valence-corrected chi connectivity index (χ0v) is 16.0. The Morgan fingerprint density at radius 3 is 2.75 bits per heavy atom. The number of likely N-dealkylation sites (tertiary alicyclic amines) is 1. The molecule has 0 aliphatic carbocycles. The van der Waals surface area contributed by atoms with Crippen molar-refractivity contribution in [2.75, 3.05) is 13.2 Å². The number of benzene rings is 1. The maximum atomic E-state index is 13.2. The number of amides is 1. The highest BCUT2D eigenvalue weighted by Crippen LogP contribution is 2.37. The van der Waals surface area contributed by atoms with Crippen molar-refractivity contribution >= 4 is 5.91 Å². The van der Waals surface area contributed by atoms with E-state index in [0.29, 0.717) is 18.8 Å². The molecule has 3 aromatic rings. The smallest absolute Gasteiger partial charge is 0.254 e. The summed E-state index contributed by atoms with van der Waals surface area (Å²) in [6, 6.07) is 11.6. The van der Waals surface area contributed by atoms with Gasteiger partial charge in [0, 0.05) is 36.7 Å². The molecule has 4 rings (SSSR count). The molecule has 1 aromatic carbocycles. The molecule has 28 heavy (non-hydrogen) atoms. The van der Waals surface area contributed by atoms with Gasteiger partial charge in [0.1, 0.15) is 0 Å². The number of pyridine rings is 1. The molecule has 1 saturated heterocycles. The lowest BCUT2D eigenvalue weighted by Gasteiger charge is -2.25. The molecule has 144 valence electrons. The fourth-order valence-corrected chi connectivity index (χ4v) is 3.75. The van der Waals surface area contributed by atoms with Crippen molar-refractivity contribution in [3.63, 3.8) is 0 Å². The van der Waals surface area contributed by atoms with Gasteiger partial charge in [-0.1, -0.05) is 12.1 Å². The Morgan fingerprint density at radius 2 is 2.00 bits per heavy atom. The van der Waals surface area contributed by atoms with Crippen LogP contribution in [0, 0.1) is 0 Å². The molecule has 3 heterocycles. The van der Waals surface area contributed by atoms with Crippen LogP contribution in [0.3, 0.4) is 0 Å². The lowest BCUT2D eigenvalue weighted by Crippen LogP contribution is -2.31. The lowest BCUT2D eigenvalue weighted by atomic mass is 10.0. The van der Waals surface area contributed by atoms with Crippen LogP contribution >= 0.6 is 0 Å². The van der Waals surface area contributed by atoms with E-state index in [2.05, 4.69) is 15.2 Å². The minimum atomic E-state index is 0.00117. The Kier molecular flexibility index (Phi) is 5.48. The van der Waals surface area contributed by atoms with Gasteiger partial charge in [-0.3, -0.25) is 14.9 Å². The zero-order chi connectivity index (χ0) is 19.3. The van der Waals surface area contributed by atoms with Crippen LogP contribution in [0.15, 0.2) is 55.0 Å². The van der Waals surface area contributed by atoms with Crippen molar-refractivity contribution in [2.45, 2.75) is 32.4 Å². The van der Waals surface area contributed by atoms with Crippen LogP contribution in [0.4, 0.5) is 0 Å². The summed E-state index contributed by atoms with van der Waals surface area (Å²) in [5.74, 6) is 0.0562. The summed E-state index contributed by atoms with van der Waals surface area (Å²) < 4.78 is 5.43. The van der Waals surface area contributed by atoms with Crippen molar-refractivity contribution < 1.29 is 9.53 Å². The summed E-state index contributed by atoms with van der Waals surface area (Å²) in [7, 11) is 0. The SMILES string of the molecule is CCOCc1ccc(C(=O)N2CCCC2c2[nH]ncc2-c2ccncc2)cc1. The van der Waals surface area contributed by atoms with E-state index in [1.807, 2.05) is 54.4 Å². The van der Waals surface area contributed by atoms with E-state index in [0.717, 1.165) is 41.8 Å². The van der Waals surface area contributed by atoms with Gasteiger partial charge in [-0.25, -0.2) is 0 Å². The molecular formula is C22H24N4O2. The van der Waals surface area contributed by atoms with Crippen LogP contribution in [0.2, 0.25) is 0 Å². The molecule has 6 nitrogen and oxygen atoms in total. The van der Waals surface area contributed by atoms with Gasteiger partial charge >= 0.3 is 0 Å². The predicted molar refractivity (Wildman–Crippen MR) is 107 cm³/mol. The Hall–Kier alpha value is -2.99. The van der Waals surface area contributed by atoms with Crippen LogP contribution in [0.25, 0.3) is 11.1 Å². The number of carbonyl (C=O) groups excluding carboxylic acids is 1. The number of hydrogen-bond acceptors (Lipinski definition) is 4. The first-order valence-corrected chi connectivity index (χ1v) is 9.69. The second-order valence-electron chi connectivity index (χ2n) is 6.92. The number of ether oxygens (including phenoxy) is 1. The van der Waals surface area contributed by atoms with Crippen LogP contribution in [0.5, 0.6) is 0 Å². The van der Waals surface area contributed by atoms with E-state index in [9.17, 15) is 4.79 Å². The minimum Gasteiger partial charge on any atom is -0.377 e. The van der Waals surface area contributed by atoms with Crippen molar-refractivity contribution in [3.05, 3.63) is 71.8 Å². The molecule has 1 atom stereocenters. The molecule has 0 saturated carbocycles. The van der Waals surface area contributed by atoms with Gasteiger partial charge in [-0.15, -0.1) is 0 Å². The third-order valence-electron chi connectivity index (χ3n) is 5.18. The summed E-state index contributed by atoms with van der Waals surface area (Å²) in [6.45, 7) is 3.97. The molecule has 1 unspecified atom stereocenters. The number of aromatic amines is 1. The summed E-state index contributed by atoms with van der Waals surface area (Å²) in [6.07, 6.45) is 7.28. The van der Waals surface area contributed by atoms with Crippen LogP contribution in [0.1, 0.15) is 47.4 Å². The maximum Gasteiger partial charge on any atom is 0.254 e. The van der Waals surface area contributed by atoms with Crippen LogP contribution < -0.4 is 0 Å². The molecule has 1 aliphatic rings. The fourth-order valence-electron chi connectivity index (χ4n) is 3.75. The Balaban J connectivity index is 1.56. The summed E-state index contributed by atoms with van der Waals surface area (Å²) in [5.41, 5.74) is 4.85. The monoisotopic (exact) mass is 376 g/mol. The molecule has 6 heteroatoms. The molecule has 2 aromatic heterocycles. The first kappa shape index (κ1) is 18.4. The standard InChI is InChI=1S/C22H24N4O2/c1-2-28-15-16-5-7-18(8-6-16)22(27)26-13-3-4-20(26)21-19(14-24-25-21)17-9-11-23-12-10-17/h5-12,14,20H,2-4,13,15H2,1H3,(H,24,25). The first-order valence-electron chi connectivity index (χ1n) is 9.69. The first-order chi connectivity index (χ1) is 13.8. The normalized spacial score (nSPS) is 16.5. The zero-order valence-electron chi connectivity index (χ0n) is 16.0. The predicted octanol–water partition coefficient (Wildman–Crippen LogP) is 3.99. The molecular weight excluding hydrogens is 352 g/mol. The summed E-state index contributed by atoms with van der Waals surface area (Å²) in [5, 5.41) is 7.39. The second kappa shape index (κ2) is 8.35. The summed E-state index contributed by atoms with van der Waals surface area (Å²) in [4.78, 5) is 19.2. The Morgan fingerprint density at radius 1 is 1.21 bits per heavy atom. The van der Waals surface area contributed by atoms with Gasteiger partial charge in [0.25, 0.3) is 5.91 Å². The second-order valence-corrected chi connectivity index (χ2v) is 6.92. The van der Waals surface area contributed by atoms with Crippen molar-refractivity contribution in [3.8, 4) is 11.1 Å². The molecule has 1 aliphatic heterocycles. The molecule has 0 bridgehead atoms. The topological polar surface area (TPSA) is 71.1 Å². The number of nitrogens with one attached hydrogen (secondary N) is 1. The number of nitrogens with zero attached hydrogens (tertiary/aromatic N) is 3. The van der Waals surface area contributed by atoms with Gasteiger partial charge in [0.05, 0.1) is 24.5 Å². The van der Waals surface area contributed by atoms with Gasteiger partial charge in [0.15, 0.2) is 0 Å². The van der Waals surface area contributed by atoms with Crippen LogP contribution in [-0.2, 0) is 11.3 Å². The van der Waals surface area contributed by atoms with Crippen molar-refractivity contribution in [2.24, 2.45) is 0 Å². The van der Waals surface area contributed by atoms with Crippen molar-refractivity contribution in [1.29, 1.82) is 0 Å². The highest BCUT2D eigenvalue weighted by Gasteiger charge is 2.33. The average molecular weight is 376 g/mol. The third-order valence-corrected chi connectivity index (χ3v) is 5.18. The van der Waals surface area contributed by atoms with Gasteiger partial charge in [-0.05, 0) is 55.2 Å². The van der Waals surface area contributed by atoms with Gasteiger partial charge < -0.3 is 9.64 Å². The average Bonchev–Trinajstić information content (AvgIpc) is 3.42. The van der Waals surface area contributed by atoms with Gasteiger partial charge in [-0.2, -0.15) is 5.10 Å². The molecule has 0 radical (unpaired) electrons. The molecule has 1 fully saturated rings. The largest absolute Gasteiger partial charge is 0.377 e. The maximum absolute atomic E-state index is 13.2. The number of carbonyl (C=O) groups is 1. The van der Waals surface area contributed by atoms with Gasteiger partial charge in [0.2, 0.25) is 0 Å². The number of H-pyrrole nitrogens is 1. The highest BCUT2D eigenvalue weighted by molar-refractivity contribution is 5.94. The van der Waals surface area contributed by atoms with E-state index < -0.39 is 0 Å². The Bertz CT molecular complexity index is 921. The summed E-state index contributed by atoms with van der Waals surface area (Å²) >= 11 is 0. The highest BCUT2D eigenvalue weighted by atomic mass is 16.5. The molecule has 1 amide bonds. The van der Waals surface area contributed by atoms with E-state index in [1.54, 1.807) is 12.4 Å². The number of rotatable bonds is 6. The van der Waals surface area contributed by atoms with E-state index in [-0.39, 0.29) is 11.9 Å². The van der Waals surface area contributed by atoms with E-state index >= 15 is 0 Å². The van der Waals surface area contributed by atoms with E-state index in [4.69, 9.17) is 4.74 Å². The quantitative estimate of drug-likeness (QED) is 0.706. The number of aromatic nitrogens is 3. The Labute approximate surface area is 164 Å². The number of hydrogen-bond donors (Lipinski definition) is 1. The fraction of sp³-hybridized carbons (Fsp3) is 0.318. The molecule has 0 spiro atoms. The lowest BCUT2D eigenvalue weighted by molar-refractivity contribution is 0.0733. The molecule has 1 N–H and O–H groups in total. The third kappa shape index (κ3) is 3.68. The van der Waals surface area contributed by atoms with Crippen molar-refractivity contribution in [1.82, 2.24) is 20.1 Å². The minimum absolute atomic E-state index is 0.00117. The van der Waals surface area contributed by atoms with Crippen LogP contribution in [-0.4, -0.2) is 39.1 Å².